The molecule has 6 heteroatoms. The summed E-state index contributed by atoms with van der Waals surface area (Å²) in [6.45, 7) is 3.42. The van der Waals surface area contributed by atoms with Gasteiger partial charge < -0.3 is 19.7 Å². The highest BCUT2D eigenvalue weighted by Crippen LogP contribution is 2.28. The zero-order valence-corrected chi connectivity index (χ0v) is 16.0. The van der Waals surface area contributed by atoms with Crippen molar-refractivity contribution in [1.29, 1.82) is 0 Å². The van der Waals surface area contributed by atoms with Gasteiger partial charge in [0, 0.05) is 32.0 Å². The number of nitrogens with zero attached hydrogens (tertiary/aromatic N) is 1. The van der Waals surface area contributed by atoms with Crippen molar-refractivity contribution in [2.45, 2.75) is 51.5 Å². The molecule has 1 N–H and O–H groups in total. The zero-order valence-electron chi connectivity index (χ0n) is 16.0. The van der Waals surface area contributed by atoms with Crippen molar-refractivity contribution in [1.82, 2.24) is 10.2 Å². The number of rotatable bonds is 8. The van der Waals surface area contributed by atoms with Gasteiger partial charge in [0.05, 0.1) is 14.2 Å². The van der Waals surface area contributed by atoms with E-state index in [-0.39, 0.29) is 17.9 Å². The average Bonchev–Trinajstić information content (AvgIpc) is 2.66. The van der Waals surface area contributed by atoms with Gasteiger partial charge in [-0.15, -0.1) is 0 Å². The highest BCUT2D eigenvalue weighted by atomic mass is 16.5. The molecule has 0 aliphatic carbocycles. The maximum Gasteiger partial charge on any atom is 0.222 e. The molecule has 6 nitrogen and oxygen atoms in total. The van der Waals surface area contributed by atoms with Crippen molar-refractivity contribution >= 4 is 11.8 Å². The zero-order chi connectivity index (χ0) is 18.9. The standard InChI is InChI=1S/C20H30N2O4/c1-4-5-19(23)21-16-10-12-22(13-11-16)20(24)9-7-15-6-8-17(25-2)18(14-15)26-3/h6,8,14,16H,4-5,7,9-13H2,1-3H3,(H,21,23). The molecule has 0 atom stereocenters. The first-order chi connectivity index (χ1) is 12.6. The molecule has 0 radical (unpaired) electrons. The number of carbonyl (C=O) groups is 2. The van der Waals surface area contributed by atoms with Gasteiger partial charge in [-0.2, -0.15) is 0 Å². The van der Waals surface area contributed by atoms with Gasteiger partial charge in [-0.3, -0.25) is 9.59 Å². The van der Waals surface area contributed by atoms with Crippen LogP contribution in [0.25, 0.3) is 0 Å². The highest BCUT2D eigenvalue weighted by molar-refractivity contribution is 5.77. The minimum Gasteiger partial charge on any atom is -0.493 e. The molecule has 2 rings (SSSR count). The van der Waals surface area contributed by atoms with Crippen LogP contribution in [0.3, 0.4) is 0 Å². The minimum absolute atomic E-state index is 0.116. The van der Waals surface area contributed by atoms with Crippen LogP contribution in [0.1, 0.15) is 44.6 Å². The lowest BCUT2D eigenvalue weighted by atomic mass is 10.0. The summed E-state index contributed by atoms with van der Waals surface area (Å²) in [6.07, 6.45) is 4.24. The minimum atomic E-state index is 0.116. The molecule has 1 aliphatic heterocycles. The molecule has 0 unspecified atom stereocenters. The van der Waals surface area contributed by atoms with Crippen LogP contribution in [0.2, 0.25) is 0 Å². The molecule has 0 saturated carbocycles. The monoisotopic (exact) mass is 362 g/mol. The summed E-state index contributed by atoms with van der Waals surface area (Å²) in [5.41, 5.74) is 1.05. The molecule has 1 fully saturated rings. The maximum atomic E-state index is 12.5. The quantitative estimate of drug-likeness (QED) is 0.772. The highest BCUT2D eigenvalue weighted by Gasteiger charge is 2.23. The third-order valence-corrected chi connectivity index (χ3v) is 4.77. The fourth-order valence-corrected chi connectivity index (χ4v) is 3.25. The third kappa shape index (κ3) is 5.64. The Labute approximate surface area is 155 Å². The summed E-state index contributed by atoms with van der Waals surface area (Å²) in [5.74, 6) is 1.65. The first-order valence-electron chi connectivity index (χ1n) is 9.35. The Morgan fingerprint density at radius 2 is 1.81 bits per heavy atom. The number of aryl methyl sites for hydroxylation is 1. The van der Waals surface area contributed by atoms with Crippen molar-refractivity contribution < 1.29 is 19.1 Å². The number of hydrogen-bond donors (Lipinski definition) is 1. The molecular weight excluding hydrogens is 332 g/mol. The van der Waals surface area contributed by atoms with Crippen LogP contribution in [0.15, 0.2) is 18.2 Å². The normalized spacial score (nSPS) is 14.8. The lowest BCUT2D eigenvalue weighted by molar-refractivity contribution is -0.132. The van der Waals surface area contributed by atoms with Crippen LogP contribution in [0.4, 0.5) is 0 Å². The molecule has 1 heterocycles. The molecule has 26 heavy (non-hydrogen) atoms. The predicted molar refractivity (Wildman–Crippen MR) is 101 cm³/mol. The smallest absolute Gasteiger partial charge is 0.222 e. The van der Waals surface area contributed by atoms with E-state index in [2.05, 4.69) is 5.32 Å². The van der Waals surface area contributed by atoms with Gasteiger partial charge in [0.15, 0.2) is 11.5 Å². The van der Waals surface area contributed by atoms with E-state index in [1.165, 1.54) is 0 Å². The van der Waals surface area contributed by atoms with Crippen molar-refractivity contribution in [3.63, 3.8) is 0 Å². The van der Waals surface area contributed by atoms with Crippen LogP contribution < -0.4 is 14.8 Å². The van der Waals surface area contributed by atoms with E-state index >= 15 is 0 Å². The van der Waals surface area contributed by atoms with Gasteiger partial charge in [0.1, 0.15) is 0 Å². The predicted octanol–water partition coefficient (Wildman–Crippen LogP) is 2.54. The number of carbonyl (C=O) groups excluding carboxylic acids is 2. The fraction of sp³-hybridized carbons (Fsp3) is 0.600. The van der Waals surface area contributed by atoms with E-state index in [4.69, 9.17) is 9.47 Å². The summed E-state index contributed by atoms with van der Waals surface area (Å²) in [4.78, 5) is 26.0. The van der Waals surface area contributed by atoms with Gasteiger partial charge in [0.2, 0.25) is 11.8 Å². The van der Waals surface area contributed by atoms with E-state index in [1.54, 1.807) is 14.2 Å². The molecule has 1 saturated heterocycles. The topological polar surface area (TPSA) is 67.9 Å². The molecule has 2 amide bonds. The Balaban J connectivity index is 1.78. The Bertz CT molecular complexity index is 610. The van der Waals surface area contributed by atoms with Crippen molar-refractivity contribution in [2.24, 2.45) is 0 Å². The Morgan fingerprint density at radius 1 is 1.12 bits per heavy atom. The lowest BCUT2D eigenvalue weighted by Crippen LogP contribution is -2.46. The molecule has 1 aromatic carbocycles. The van der Waals surface area contributed by atoms with E-state index in [1.807, 2.05) is 30.0 Å². The van der Waals surface area contributed by atoms with Crippen LogP contribution in [-0.2, 0) is 16.0 Å². The average molecular weight is 362 g/mol. The third-order valence-electron chi connectivity index (χ3n) is 4.77. The van der Waals surface area contributed by atoms with Crippen LogP contribution >= 0.6 is 0 Å². The van der Waals surface area contributed by atoms with Gasteiger partial charge in [-0.1, -0.05) is 13.0 Å². The number of likely N-dealkylation sites (tertiary alicyclic amines) is 1. The van der Waals surface area contributed by atoms with E-state index in [9.17, 15) is 9.59 Å². The number of amides is 2. The maximum absolute atomic E-state index is 12.5. The number of nitrogens with one attached hydrogen (secondary N) is 1. The van der Waals surface area contributed by atoms with Crippen LogP contribution in [0.5, 0.6) is 11.5 Å². The summed E-state index contributed by atoms with van der Waals surface area (Å²) < 4.78 is 10.5. The molecule has 1 aromatic rings. The molecule has 144 valence electrons. The Kier molecular flexibility index (Phi) is 7.75. The molecular formula is C20H30N2O4. The molecule has 0 bridgehead atoms. The first kappa shape index (κ1) is 20.1. The van der Waals surface area contributed by atoms with Gasteiger partial charge in [0.25, 0.3) is 0 Å². The summed E-state index contributed by atoms with van der Waals surface area (Å²) in [6, 6.07) is 5.94. The number of methoxy groups -OCH3 is 2. The van der Waals surface area contributed by atoms with E-state index in [0.29, 0.717) is 43.9 Å². The SMILES string of the molecule is CCCC(=O)NC1CCN(C(=O)CCc2ccc(OC)c(OC)c2)CC1. The number of ether oxygens (including phenoxy) is 2. The Hall–Kier alpha value is -2.24. The second-order valence-electron chi connectivity index (χ2n) is 6.66. The number of piperidine rings is 1. The van der Waals surface area contributed by atoms with Crippen LogP contribution in [-0.4, -0.2) is 50.1 Å². The fourth-order valence-electron chi connectivity index (χ4n) is 3.25. The van der Waals surface area contributed by atoms with E-state index in [0.717, 1.165) is 24.8 Å². The van der Waals surface area contributed by atoms with Gasteiger partial charge >= 0.3 is 0 Å². The summed E-state index contributed by atoms with van der Waals surface area (Å²) in [7, 11) is 3.21. The molecule has 1 aliphatic rings. The number of benzene rings is 1. The van der Waals surface area contributed by atoms with E-state index < -0.39 is 0 Å². The van der Waals surface area contributed by atoms with Crippen LogP contribution in [0, 0.1) is 0 Å². The second-order valence-corrected chi connectivity index (χ2v) is 6.66. The van der Waals surface area contributed by atoms with Gasteiger partial charge in [-0.05, 0) is 43.4 Å². The molecule has 0 aromatic heterocycles. The number of hydrogen-bond acceptors (Lipinski definition) is 4. The summed E-state index contributed by atoms with van der Waals surface area (Å²) >= 11 is 0. The molecule has 0 spiro atoms. The Morgan fingerprint density at radius 3 is 2.42 bits per heavy atom. The lowest BCUT2D eigenvalue weighted by Gasteiger charge is -2.32. The first-order valence-corrected chi connectivity index (χ1v) is 9.35. The van der Waals surface area contributed by atoms with Gasteiger partial charge in [-0.25, -0.2) is 0 Å². The van der Waals surface area contributed by atoms with Crippen molar-refractivity contribution in [3.05, 3.63) is 23.8 Å². The van der Waals surface area contributed by atoms with Crippen molar-refractivity contribution in [2.75, 3.05) is 27.3 Å². The summed E-state index contributed by atoms with van der Waals surface area (Å²) in [5, 5.41) is 3.06. The largest absolute Gasteiger partial charge is 0.493 e. The second kappa shape index (κ2) is 10.0. The van der Waals surface area contributed by atoms with Crippen molar-refractivity contribution in [3.8, 4) is 11.5 Å².